The molecule has 0 atom stereocenters. The fourth-order valence-electron chi connectivity index (χ4n) is 2.03. The molecule has 0 aliphatic carbocycles. The summed E-state index contributed by atoms with van der Waals surface area (Å²) in [5.74, 6) is -0.0111. The first-order valence-corrected chi connectivity index (χ1v) is 10.2. The number of halogens is 1. The lowest BCUT2D eigenvalue weighted by Crippen LogP contribution is -2.35. The Kier molecular flexibility index (Phi) is 13.6. The van der Waals surface area contributed by atoms with Gasteiger partial charge >= 0.3 is 0 Å². The Balaban J connectivity index is 0.00000194. The van der Waals surface area contributed by atoms with Crippen LogP contribution in [0.5, 0.6) is 0 Å². The van der Waals surface area contributed by atoms with Crippen LogP contribution in [0.15, 0.2) is 54.7 Å². The van der Waals surface area contributed by atoms with Gasteiger partial charge in [-0.15, -0.1) is 6.58 Å². The van der Waals surface area contributed by atoms with Gasteiger partial charge in [0.1, 0.15) is 6.54 Å². The third kappa shape index (κ3) is 9.16. The van der Waals surface area contributed by atoms with E-state index >= 15 is 0 Å². The highest BCUT2D eigenvalue weighted by atomic mass is 35.5. The maximum atomic E-state index is 12.2. The molecule has 0 fully saturated rings. The van der Waals surface area contributed by atoms with Crippen LogP contribution >= 0.6 is 23.5 Å². The second-order valence-electron chi connectivity index (χ2n) is 5.46. The van der Waals surface area contributed by atoms with Crippen LogP contribution in [0.1, 0.15) is 32.8 Å². The first kappa shape index (κ1) is 24.4. The van der Waals surface area contributed by atoms with Gasteiger partial charge < -0.3 is 9.62 Å². The topological polar surface area (TPSA) is 32.3 Å². The van der Waals surface area contributed by atoms with Crippen molar-refractivity contribution < 1.29 is 4.79 Å². The van der Waals surface area contributed by atoms with Gasteiger partial charge in [0.15, 0.2) is 0 Å². The lowest BCUT2D eigenvalue weighted by atomic mass is 10.2. The summed E-state index contributed by atoms with van der Waals surface area (Å²) in [6, 6.07) is 5.74. The van der Waals surface area contributed by atoms with Crippen molar-refractivity contribution in [3.05, 3.63) is 65.2 Å². The van der Waals surface area contributed by atoms with Gasteiger partial charge in [0.2, 0.25) is 5.91 Å². The van der Waals surface area contributed by atoms with Gasteiger partial charge in [0, 0.05) is 17.8 Å². The molecule has 3 nitrogen and oxygen atoms in total. The maximum absolute atomic E-state index is 12.2. The minimum Gasteiger partial charge on any atom is -0.350 e. The number of anilines is 1. The number of rotatable bonds is 8. The highest BCUT2D eigenvalue weighted by molar-refractivity contribution is 8.00. The van der Waals surface area contributed by atoms with Gasteiger partial charge in [-0.3, -0.25) is 4.79 Å². The van der Waals surface area contributed by atoms with E-state index in [2.05, 4.69) is 24.9 Å². The Morgan fingerprint density at radius 2 is 2.04 bits per heavy atom. The Bertz CT molecular complexity index is 626. The third-order valence-electron chi connectivity index (χ3n) is 3.44. The molecule has 0 unspecified atom stereocenters. The SMILES string of the molecule is C/C=C(\C=C/CC)CNC(=O)CN(SC)c1cccc(Cl)c1C.C=CC. The van der Waals surface area contributed by atoms with Gasteiger partial charge in [-0.1, -0.05) is 60.8 Å². The number of nitrogens with one attached hydrogen (secondary N) is 1. The van der Waals surface area contributed by atoms with E-state index in [-0.39, 0.29) is 12.5 Å². The van der Waals surface area contributed by atoms with Crippen molar-refractivity contribution in [1.82, 2.24) is 5.32 Å². The van der Waals surface area contributed by atoms with Crippen LogP contribution in [0.3, 0.4) is 0 Å². The van der Waals surface area contributed by atoms with Crippen LogP contribution < -0.4 is 9.62 Å². The first-order valence-electron chi connectivity index (χ1n) is 8.67. The zero-order chi connectivity index (χ0) is 19.9. The molecule has 26 heavy (non-hydrogen) atoms. The van der Waals surface area contributed by atoms with Gasteiger partial charge in [-0.25, -0.2) is 0 Å². The van der Waals surface area contributed by atoms with Crippen molar-refractivity contribution in [3.8, 4) is 0 Å². The van der Waals surface area contributed by atoms with Gasteiger partial charge in [-0.05, 0) is 50.5 Å². The number of allylic oxidation sites excluding steroid dienone is 3. The van der Waals surface area contributed by atoms with E-state index in [1.807, 2.05) is 61.7 Å². The highest BCUT2D eigenvalue weighted by Crippen LogP contribution is 2.29. The average molecular weight is 395 g/mol. The molecule has 0 radical (unpaired) electrons. The molecule has 0 saturated heterocycles. The van der Waals surface area contributed by atoms with Crippen LogP contribution in [0.2, 0.25) is 5.02 Å². The number of amides is 1. The van der Waals surface area contributed by atoms with Crippen molar-refractivity contribution in [1.29, 1.82) is 0 Å². The van der Waals surface area contributed by atoms with Crippen molar-refractivity contribution in [2.45, 2.75) is 34.1 Å². The number of benzene rings is 1. The van der Waals surface area contributed by atoms with Crippen molar-refractivity contribution in [2.24, 2.45) is 0 Å². The maximum Gasteiger partial charge on any atom is 0.240 e. The summed E-state index contributed by atoms with van der Waals surface area (Å²) in [5.41, 5.74) is 3.06. The second kappa shape index (κ2) is 14.5. The Hall–Kier alpha value is -1.65. The molecule has 5 heteroatoms. The Labute approximate surface area is 168 Å². The molecule has 0 aliphatic rings. The average Bonchev–Trinajstić information content (AvgIpc) is 2.63. The third-order valence-corrected chi connectivity index (χ3v) is 4.62. The van der Waals surface area contributed by atoms with E-state index in [1.165, 1.54) is 11.9 Å². The van der Waals surface area contributed by atoms with E-state index in [9.17, 15) is 4.79 Å². The Morgan fingerprint density at radius 3 is 2.58 bits per heavy atom. The number of hydrogen-bond donors (Lipinski definition) is 1. The molecule has 1 rings (SSSR count). The molecule has 0 spiro atoms. The summed E-state index contributed by atoms with van der Waals surface area (Å²) in [5, 5.41) is 3.68. The Morgan fingerprint density at radius 1 is 1.38 bits per heavy atom. The molecular formula is C21H31ClN2OS. The van der Waals surface area contributed by atoms with Crippen LogP contribution in [0.25, 0.3) is 0 Å². The summed E-state index contributed by atoms with van der Waals surface area (Å²) in [6.07, 6.45) is 10.8. The van der Waals surface area contributed by atoms with Crippen LogP contribution in [-0.2, 0) is 4.79 Å². The molecule has 0 heterocycles. The summed E-state index contributed by atoms with van der Waals surface area (Å²) in [6.45, 7) is 12.1. The van der Waals surface area contributed by atoms with E-state index in [1.54, 1.807) is 6.08 Å². The van der Waals surface area contributed by atoms with Crippen LogP contribution in [0, 0.1) is 6.92 Å². The summed E-state index contributed by atoms with van der Waals surface area (Å²) in [4.78, 5) is 12.2. The number of nitrogens with zero attached hydrogens (tertiary/aromatic N) is 1. The highest BCUT2D eigenvalue weighted by Gasteiger charge is 2.14. The minimum atomic E-state index is -0.0111. The minimum absolute atomic E-state index is 0.0111. The quantitative estimate of drug-likeness (QED) is 0.335. The number of carbonyl (C=O) groups excluding carboxylic acids is 1. The second-order valence-corrected chi connectivity index (χ2v) is 6.68. The smallest absolute Gasteiger partial charge is 0.240 e. The fraction of sp³-hybridized carbons (Fsp3) is 0.381. The monoisotopic (exact) mass is 394 g/mol. The number of hydrogen-bond acceptors (Lipinski definition) is 3. The predicted molar refractivity (Wildman–Crippen MR) is 119 cm³/mol. The lowest BCUT2D eigenvalue weighted by molar-refractivity contribution is -0.119. The predicted octanol–water partition coefficient (Wildman–Crippen LogP) is 5.95. The summed E-state index contributed by atoms with van der Waals surface area (Å²) >= 11 is 7.68. The fourth-order valence-corrected chi connectivity index (χ4v) is 2.84. The van der Waals surface area contributed by atoms with E-state index < -0.39 is 0 Å². The molecule has 144 valence electrons. The molecule has 1 aromatic rings. The largest absolute Gasteiger partial charge is 0.350 e. The normalized spacial score (nSPS) is 10.9. The van der Waals surface area contributed by atoms with E-state index in [4.69, 9.17) is 11.6 Å². The molecule has 0 saturated carbocycles. The zero-order valence-corrected chi connectivity index (χ0v) is 18.1. The lowest BCUT2D eigenvalue weighted by Gasteiger charge is -2.23. The standard InChI is InChI=1S/C18H25ClN2OS.C3H6/c1-5-7-9-15(6-2)12-20-18(22)13-21(23-4)17-11-8-10-16(19)14(17)3;1-3-2/h6-11H,5,12-13H2,1-4H3,(H,20,22);3H,1H2,2H3/b9-7-,15-6+;. The molecule has 1 N–H and O–H groups in total. The van der Waals surface area contributed by atoms with Crippen LogP contribution in [-0.4, -0.2) is 25.3 Å². The summed E-state index contributed by atoms with van der Waals surface area (Å²) in [7, 11) is 0. The summed E-state index contributed by atoms with van der Waals surface area (Å²) < 4.78 is 1.95. The number of carbonyl (C=O) groups is 1. The first-order chi connectivity index (χ1) is 12.4. The van der Waals surface area contributed by atoms with Crippen molar-refractivity contribution >= 4 is 35.1 Å². The van der Waals surface area contributed by atoms with E-state index in [0.29, 0.717) is 11.6 Å². The van der Waals surface area contributed by atoms with Gasteiger partial charge in [0.05, 0.1) is 5.69 Å². The molecule has 0 bridgehead atoms. The van der Waals surface area contributed by atoms with Crippen molar-refractivity contribution in [3.63, 3.8) is 0 Å². The van der Waals surface area contributed by atoms with Crippen molar-refractivity contribution in [2.75, 3.05) is 23.7 Å². The van der Waals surface area contributed by atoms with Crippen LogP contribution in [0.4, 0.5) is 5.69 Å². The zero-order valence-electron chi connectivity index (χ0n) is 16.5. The van der Waals surface area contributed by atoms with Gasteiger partial charge in [-0.2, -0.15) is 0 Å². The molecule has 0 aliphatic heterocycles. The molecular weight excluding hydrogens is 364 g/mol. The molecule has 1 amide bonds. The van der Waals surface area contributed by atoms with Gasteiger partial charge in [0.25, 0.3) is 0 Å². The van der Waals surface area contributed by atoms with E-state index in [0.717, 1.165) is 23.2 Å². The molecule has 1 aromatic carbocycles. The molecule has 0 aromatic heterocycles.